The van der Waals surface area contributed by atoms with E-state index in [1.165, 1.54) is 0 Å². The van der Waals surface area contributed by atoms with E-state index in [0.29, 0.717) is 18.2 Å². The van der Waals surface area contributed by atoms with Crippen molar-refractivity contribution in [1.29, 1.82) is 0 Å². The molecule has 0 radical (unpaired) electrons. The summed E-state index contributed by atoms with van der Waals surface area (Å²) in [5.41, 5.74) is 5.67. The zero-order chi connectivity index (χ0) is 12.4. The summed E-state index contributed by atoms with van der Waals surface area (Å²) in [6, 6.07) is 1.79. The highest BCUT2D eigenvalue weighted by Gasteiger charge is 2.08. The Kier molecular flexibility index (Phi) is 2.69. The third-order valence-electron chi connectivity index (χ3n) is 2.19. The summed E-state index contributed by atoms with van der Waals surface area (Å²) >= 11 is 1.55. The van der Waals surface area contributed by atoms with E-state index in [4.69, 9.17) is 5.73 Å². The van der Waals surface area contributed by atoms with Crippen LogP contribution in [0.4, 0.5) is 5.95 Å². The number of thiazole rings is 1. The first kappa shape index (κ1) is 10.8. The lowest BCUT2D eigenvalue weighted by atomic mass is 10.4. The fourth-order valence-corrected chi connectivity index (χ4v) is 2.08. The molecule has 0 aromatic carbocycles. The van der Waals surface area contributed by atoms with Crippen LogP contribution < -0.4 is 5.73 Å². The van der Waals surface area contributed by atoms with Crippen molar-refractivity contribution in [2.45, 2.75) is 6.42 Å². The van der Waals surface area contributed by atoms with Crippen LogP contribution >= 0.6 is 11.3 Å². The Morgan fingerprint density at radius 3 is 2.89 bits per heavy atom. The molecule has 0 atom stereocenters. The van der Waals surface area contributed by atoms with Gasteiger partial charge in [-0.25, -0.2) is 9.67 Å². The van der Waals surface area contributed by atoms with Gasteiger partial charge in [-0.15, -0.1) is 11.3 Å². The molecule has 18 heavy (non-hydrogen) atoms. The standard InChI is InChI=1S/C10H9N7S/c11-9-14-7(6-8-12-3-5-18-8)15-10(16-9)17-4-1-2-13-17/h1-5H,6H2,(H2,11,14,15,16). The summed E-state index contributed by atoms with van der Waals surface area (Å²) in [7, 11) is 0. The molecule has 90 valence electrons. The number of aromatic nitrogens is 6. The Morgan fingerprint density at radius 1 is 1.22 bits per heavy atom. The Bertz CT molecular complexity index is 632. The second-order valence-electron chi connectivity index (χ2n) is 3.46. The van der Waals surface area contributed by atoms with E-state index in [-0.39, 0.29) is 5.95 Å². The van der Waals surface area contributed by atoms with Gasteiger partial charge in [-0.1, -0.05) is 0 Å². The fourth-order valence-electron chi connectivity index (χ4n) is 1.47. The van der Waals surface area contributed by atoms with Crippen molar-refractivity contribution in [1.82, 2.24) is 29.7 Å². The van der Waals surface area contributed by atoms with Crippen molar-refractivity contribution in [2.24, 2.45) is 0 Å². The van der Waals surface area contributed by atoms with E-state index in [1.807, 2.05) is 5.38 Å². The molecule has 0 aliphatic carbocycles. The van der Waals surface area contributed by atoms with Gasteiger partial charge in [0.1, 0.15) is 10.8 Å². The third-order valence-corrected chi connectivity index (χ3v) is 2.97. The molecule has 0 bridgehead atoms. The average molecular weight is 259 g/mol. The second kappa shape index (κ2) is 4.49. The van der Waals surface area contributed by atoms with Gasteiger partial charge in [0.05, 0.1) is 6.42 Å². The first-order chi connectivity index (χ1) is 8.81. The molecular weight excluding hydrogens is 250 g/mol. The van der Waals surface area contributed by atoms with E-state index in [2.05, 4.69) is 25.0 Å². The van der Waals surface area contributed by atoms with E-state index in [9.17, 15) is 0 Å². The van der Waals surface area contributed by atoms with Crippen molar-refractivity contribution in [2.75, 3.05) is 5.73 Å². The number of nitrogens with two attached hydrogens (primary N) is 1. The topological polar surface area (TPSA) is 95.4 Å². The Hall–Kier alpha value is -2.35. The molecule has 0 unspecified atom stereocenters. The SMILES string of the molecule is Nc1nc(Cc2nccs2)nc(-n2cccn2)n1. The van der Waals surface area contributed by atoms with Crippen molar-refractivity contribution in [3.8, 4) is 5.95 Å². The number of anilines is 1. The smallest absolute Gasteiger partial charge is 0.255 e. The van der Waals surface area contributed by atoms with Gasteiger partial charge in [0.25, 0.3) is 5.95 Å². The molecule has 3 heterocycles. The number of hydrogen-bond donors (Lipinski definition) is 1. The van der Waals surface area contributed by atoms with Crippen LogP contribution in [0.25, 0.3) is 5.95 Å². The van der Waals surface area contributed by atoms with Crippen molar-refractivity contribution in [3.63, 3.8) is 0 Å². The molecular formula is C10H9N7S. The van der Waals surface area contributed by atoms with Crippen molar-refractivity contribution < 1.29 is 0 Å². The van der Waals surface area contributed by atoms with Gasteiger partial charge in [0.15, 0.2) is 0 Å². The molecule has 0 aliphatic heterocycles. The number of nitrogens with zero attached hydrogens (tertiary/aromatic N) is 6. The van der Waals surface area contributed by atoms with E-state index >= 15 is 0 Å². The normalized spacial score (nSPS) is 10.7. The van der Waals surface area contributed by atoms with E-state index < -0.39 is 0 Å². The Labute approximate surface area is 106 Å². The van der Waals surface area contributed by atoms with Crippen LogP contribution in [-0.2, 0) is 6.42 Å². The molecule has 0 spiro atoms. The highest BCUT2D eigenvalue weighted by molar-refractivity contribution is 7.09. The first-order valence-corrected chi connectivity index (χ1v) is 6.08. The highest BCUT2D eigenvalue weighted by Crippen LogP contribution is 2.10. The fraction of sp³-hybridized carbons (Fsp3) is 0.100. The van der Waals surface area contributed by atoms with Crippen molar-refractivity contribution in [3.05, 3.63) is 40.9 Å². The van der Waals surface area contributed by atoms with Crippen molar-refractivity contribution >= 4 is 17.3 Å². The zero-order valence-electron chi connectivity index (χ0n) is 9.26. The maximum absolute atomic E-state index is 5.67. The third kappa shape index (κ3) is 2.18. The first-order valence-electron chi connectivity index (χ1n) is 5.20. The molecule has 0 saturated carbocycles. The predicted octanol–water partition coefficient (Wildman–Crippen LogP) is 0.687. The Morgan fingerprint density at radius 2 is 2.17 bits per heavy atom. The molecule has 2 N–H and O–H groups in total. The number of nitrogen functional groups attached to an aromatic ring is 1. The van der Waals surface area contributed by atoms with E-state index in [1.54, 1.807) is 40.7 Å². The van der Waals surface area contributed by atoms with Gasteiger partial charge in [-0.2, -0.15) is 20.1 Å². The summed E-state index contributed by atoms with van der Waals surface area (Å²) in [6.07, 6.45) is 5.69. The molecule has 0 fully saturated rings. The van der Waals surface area contributed by atoms with Crippen LogP contribution in [0.2, 0.25) is 0 Å². The van der Waals surface area contributed by atoms with Crippen LogP contribution in [0.5, 0.6) is 0 Å². The number of hydrogen-bond acceptors (Lipinski definition) is 7. The van der Waals surface area contributed by atoms with Gasteiger partial charge < -0.3 is 5.73 Å². The lowest BCUT2D eigenvalue weighted by Gasteiger charge is -2.03. The monoisotopic (exact) mass is 259 g/mol. The molecule has 7 nitrogen and oxygen atoms in total. The predicted molar refractivity (Wildman–Crippen MR) is 66.3 cm³/mol. The summed E-state index contributed by atoms with van der Waals surface area (Å²) in [5.74, 6) is 1.18. The summed E-state index contributed by atoms with van der Waals surface area (Å²) in [4.78, 5) is 16.6. The minimum Gasteiger partial charge on any atom is -0.368 e. The largest absolute Gasteiger partial charge is 0.368 e. The second-order valence-corrected chi connectivity index (χ2v) is 4.44. The quantitative estimate of drug-likeness (QED) is 0.743. The molecule has 3 aromatic rings. The lowest BCUT2D eigenvalue weighted by molar-refractivity contribution is 0.777. The molecule has 3 aromatic heterocycles. The van der Waals surface area contributed by atoms with Gasteiger partial charge in [0, 0.05) is 24.0 Å². The molecule has 8 heteroatoms. The van der Waals surface area contributed by atoms with Crippen LogP contribution in [0.15, 0.2) is 30.0 Å². The lowest BCUT2D eigenvalue weighted by Crippen LogP contribution is -2.10. The maximum Gasteiger partial charge on any atom is 0.255 e. The summed E-state index contributed by atoms with van der Waals surface area (Å²) in [5, 5.41) is 6.91. The molecule has 0 saturated heterocycles. The van der Waals surface area contributed by atoms with E-state index in [0.717, 1.165) is 5.01 Å². The minimum atomic E-state index is 0.182. The van der Waals surface area contributed by atoms with Gasteiger partial charge >= 0.3 is 0 Å². The highest BCUT2D eigenvalue weighted by atomic mass is 32.1. The molecule has 3 rings (SSSR count). The van der Waals surface area contributed by atoms with Crippen LogP contribution in [0.1, 0.15) is 10.8 Å². The van der Waals surface area contributed by atoms with Gasteiger partial charge in [0.2, 0.25) is 5.95 Å². The van der Waals surface area contributed by atoms with Gasteiger partial charge in [-0.05, 0) is 6.07 Å². The van der Waals surface area contributed by atoms with Gasteiger partial charge in [-0.3, -0.25) is 0 Å². The minimum absolute atomic E-state index is 0.182. The molecule has 0 aliphatic rings. The summed E-state index contributed by atoms with van der Waals surface area (Å²) in [6.45, 7) is 0. The van der Waals surface area contributed by atoms with Crippen LogP contribution in [0, 0.1) is 0 Å². The molecule has 0 amide bonds. The number of rotatable bonds is 3. The zero-order valence-corrected chi connectivity index (χ0v) is 10.1. The average Bonchev–Trinajstić information content (AvgIpc) is 3.00. The van der Waals surface area contributed by atoms with Crippen LogP contribution in [0.3, 0.4) is 0 Å². The summed E-state index contributed by atoms with van der Waals surface area (Å²) < 4.78 is 1.55. The maximum atomic E-state index is 5.67. The van der Waals surface area contributed by atoms with Crippen LogP contribution in [-0.4, -0.2) is 29.7 Å². The Balaban J connectivity index is 1.96.